The third kappa shape index (κ3) is 19.7. The fourth-order valence-electron chi connectivity index (χ4n) is 9.56. The van der Waals surface area contributed by atoms with Crippen molar-refractivity contribution in [1.82, 2.24) is 4.57 Å². The molecule has 5 aromatic rings. The highest BCUT2D eigenvalue weighted by molar-refractivity contribution is 5.55. The molecule has 4 aromatic carbocycles. The van der Waals surface area contributed by atoms with Gasteiger partial charge in [-0.2, -0.15) is 4.57 Å². The first-order valence-electron chi connectivity index (χ1n) is 28.0. The number of fused-ring (bicyclic) bond motifs is 2. The second kappa shape index (κ2) is 31.2. The SMILES string of the molecule is C=Cc1ccc(COCCOCCOCCOCCOc2ccc([C@@H]3CN(CC(C)(C)C)c4cc5[n+](c(=O)n43)[C@H](c3ccc(OCCOCCOCCOCCOCc4ccc(C=C)cc4)cc3)CN5CC(C)(C)C)cc2)cc1. The van der Waals surface area contributed by atoms with Gasteiger partial charge < -0.3 is 52.3 Å². The predicted molar refractivity (Wildman–Crippen MR) is 312 cm³/mol. The summed E-state index contributed by atoms with van der Waals surface area (Å²) in [6.07, 6.45) is 3.65. The molecule has 1 aromatic heterocycles. The van der Waals surface area contributed by atoms with E-state index in [1.54, 1.807) is 0 Å². The first-order valence-corrected chi connectivity index (χ1v) is 28.0. The zero-order valence-electron chi connectivity index (χ0n) is 47.9. The molecule has 0 unspecified atom stereocenters. The maximum absolute atomic E-state index is 15.2. The van der Waals surface area contributed by atoms with Crippen molar-refractivity contribution >= 4 is 23.8 Å². The molecule has 0 saturated heterocycles. The first-order chi connectivity index (χ1) is 38.3. The van der Waals surface area contributed by atoms with Gasteiger partial charge in [0, 0.05) is 6.54 Å². The minimum Gasteiger partial charge on any atom is -0.491 e. The molecule has 0 N–H and O–H groups in total. The third-order valence-electron chi connectivity index (χ3n) is 13.3. The van der Waals surface area contributed by atoms with Crippen molar-refractivity contribution < 1.29 is 51.9 Å². The normalized spacial score (nSPS) is 15.1. The molecule has 0 saturated carbocycles. The number of benzene rings is 4. The lowest BCUT2D eigenvalue weighted by atomic mass is 9.95. The van der Waals surface area contributed by atoms with Crippen molar-refractivity contribution in [1.29, 1.82) is 0 Å². The summed E-state index contributed by atoms with van der Waals surface area (Å²) < 4.78 is 61.7. The molecule has 15 heteroatoms. The molecular weight excluding hydrogens is 1000 g/mol. The molecule has 0 bridgehead atoms. The molecule has 0 radical (unpaired) electrons. The van der Waals surface area contributed by atoms with E-state index in [2.05, 4.69) is 94.8 Å². The van der Waals surface area contributed by atoms with Gasteiger partial charge in [0.1, 0.15) is 43.3 Å². The summed E-state index contributed by atoms with van der Waals surface area (Å²) in [5, 5.41) is 0. The average Bonchev–Trinajstić information content (AvgIpc) is 4.22. The summed E-state index contributed by atoms with van der Waals surface area (Å²) in [5.74, 6) is 3.39. The Balaban J connectivity index is 0.843. The molecule has 2 atom stereocenters. The second-order valence-corrected chi connectivity index (χ2v) is 22.3. The Kier molecular flexibility index (Phi) is 24.0. The van der Waals surface area contributed by atoms with Gasteiger partial charge in [-0.05, 0) is 68.5 Å². The lowest BCUT2D eigenvalue weighted by Gasteiger charge is -2.27. The van der Waals surface area contributed by atoms with Crippen LogP contribution in [0.5, 0.6) is 11.5 Å². The molecule has 79 heavy (non-hydrogen) atoms. The van der Waals surface area contributed by atoms with Gasteiger partial charge in [0.05, 0.1) is 125 Å². The summed E-state index contributed by atoms with van der Waals surface area (Å²) in [4.78, 5) is 20.0. The molecule has 0 spiro atoms. The number of aromatic nitrogens is 2. The Morgan fingerprint density at radius 3 is 1.27 bits per heavy atom. The molecule has 2 aliphatic heterocycles. The Morgan fingerprint density at radius 1 is 0.481 bits per heavy atom. The molecule has 2 aliphatic rings. The van der Waals surface area contributed by atoms with E-state index in [9.17, 15) is 0 Å². The van der Waals surface area contributed by atoms with Gasteiger partial charge in [-0.15, -0.1) is 0 Å². The van der Waals surface area contributed by atoms with Crippen LogP contribution < -0.4 is 29.5 Å². The zero-order chi connectivity index (χ0) is 55.9. The highest BCUT2D eigenvalue weighted by Crippen LogP contribution is 2.38. The van der Waals surface area contributed by atoms with E-state index in [4.69, 9.17) is 47.4 Å². The van der Waals surface area contributed by atoms with E-state index >= 15 is 4.79 Å². The topological polar surface area (TPSA) is 125 Å². The lowest BCUT2D eigenvalue weighted by molar-refractivity contribution is -0.706. The average molecular weight is 1090 g/mol. The smallest absolute Gasteiger partial charge is 0.446 e. The molecule has 7 rings (SSSR count). The minimum atomic E-state index is -0.186. The quantitative estimate of drug-likeness (QED) is 0.0280. The fraction of sp³-hybridized carbons (Fsp3) is 0.500. The Bertz CT molecular complexity index is 2470. The summed E-state index contributed by atoms with van der Waals surface area (Å²) in [5.41, 5.74) is 6.52. The maximum atomic E-state index is 15.2. The molecular formula is C64H87N4O11+. The van der Waals surface area contributed by atoms with Crippen LogP contribution >= 0.6 is 0 Å². The van der Waals surface area contributed by atoms with Gasteiger partial charge in [-0.25, -0.2) is 9.36 Å². The largest absolute Gasteiger partial charge is 0.491 e. The number of anilines is 2. The van der Waals surface area contributed by atoms with Crippen molar-refractivity contribution in [3.63, 3.8) is 0 Å². The van der Waals surface area contributed by atoms with Gasteiger partial charge in [-0.1, -0.05) is 140 Å². The van der Waals surface area contributed by atoms with Gasteiger partial charge in [0.2, 0.25) is 5.82 Å². The lowest BCUT2D eigenvalue weighted by Crippen LogP contribution is -2.56. The molecule has 15 nitrogen and oxygen atoms in total. The minimum absolute atomic E-state index is 0.00352. The third-order valence-corrected chi connectivity index (χ3v) is 13.3. The van der Waals surface area contributed by atoms with Gasteiger partial charge in [0.15, 0.2) is 5.82 Å². The predicted octanol–water partition coefficient (Wildman–Crippen LogP) is 9.62. The van der Waals surface area contributed by atoms with Crippen LogP contribution in [-0.2, 0) is 51.1 Å². The van der Waals surface area contributed by atoms with Crippen LogP contribution in [-0.4, -0.2) is 136 Å². The molecule has 0 aliphatic carbocycles. The monoisotopic (exact) mass is 1090 g/mol. The molecule has 3 heterocycles. The fourth-order valence-corrected chi connectivity index (χ4v) is 9.56. The van der Waals surface area contributed by atoms with Crippen LogP contribution in [0.15, 0.2) is 121 Å². The second-order valence-electron chi connectivity index (χ2n) is 22.3. The van der Waals surface area contributed by atoms with Gasteiger partial charge >= 0.3 is 5.69 Å². The maximum Gasteiger partial charge on any atom is 0.446 e. The first kappa shape index (κ1) is 60.8. The van der Waals surface area contributed by atoms with Crippen molar-refractivity contribution in [2.24, 2.45) is 10.8 Å². The van der Waals surface area contributed by atoms with Crippen molar-refractivity contribution in [2.45, 2.75) is 66.8 Å². The zero-order valence-corrected chi connectivity index (χ0v) is 47.9. The molecule has 428 valence electrons. The molecule has 0 fully saturated rings. The summed E-state index contributed by atoms with van der Waals surface area (Å²) >= 11 is 0. The standard InChI is InChI=1S/C64H87N4O11/c1-9-50-11-15-52(16-12-50)46-76-37-35-72-29-27-70-31-33-74-39-41-78-56-23-19-54(20-24-56)58-44-65(48-63(3,4)5)60-43-61-66(49-64(6,7)8)45-59(68(61)62(69)67(58)60)55-21-25-57(26-22-55)79-42-40-75-34-32-71-28-30-73-36-38-77-47-53-17-13-51(10-2)14-18-53/h9-26,43,58-59H,1-2,27-42,44-49H2,3-8H3/q+1/t58-,59-/m0/s1. The number of ether oxygens (including phenoxy) is 10. The van der Waals surface area contributed by atoms with Crippen LogP contribution in [0.4, 0.5) is 11.6 Å². The van der Waals surface area contributed by atoms with Crippen molar-refractivity contribution in [2.75, 3.05) is 142 Å². The van der Waals surface area contributed by atoms with E-state index in [1.807, 2.05) is 94.1 Å². The highest BCUT2D eigenvalue weighted by atomic mass is 16.6. The van der Waals surface area contributed by atoms with E-state index in [0.717, 1.165) is 69.6 Å². The summed E-state index contributed by atoms with van der Waals surface area (Å²) in [6, 6.07) is 34.5. The number of rotatable bonds is 36. The van der Waals surface area contributed by atoms with E-state index in [-0.39, 0.29) is 28.6 Å². The van der Waals surface area contributed by atoms with Crippen LogP contribution in [0.25, 0.3) is 12.2 Å². The van der Waals surface area contributed by atoms with Crippen LogP contribution in [0.1, 0.15) is 87.0 Å². The highest BCUT2D eigenvalue weighted by Gasteiger charge is 2.45. The summed E-state index contributed by atoms with van der Waals surface area (Å²) in [6.45, 7) is 32.7. The Labute approximate surface area is 469 Å². The van der Waals surface area contributed by atoms with E-state index in [1.165, 1.54) is 0 Å². The van der Waals surface area contributed by atoms with Gasteiger partial charge in [-0.3, -0.25) is 4.90 Å². The van der Waals surface area contributed by atoms with Crippen LogP contribution in [0.3, 0.4) is 0 Å². The summed E-state index contributed by atoms with van der Waals surface area (Å²) in [7, 11) is 0. The number of hydrogen-bond donors (Lipinski definition) is 0. The Morgan fingerprint density at radius 2 is 0.861 bits per heavy atom. The number of hydrogen-bond acceptors (Lipinski definition) is 13. The Hall–Kier alpha value is -5.88. The van der Waals surface area contributed by atoms with Crippen molar-refractivity contribution in [3.8, 4) is 11.5 Å². The van der Waals surface area contributed by atoms with Crippen LogP contribution in [0, 0.1) is 10.8 Å². The van der Waals surface area contributed by atoms with E-state index in [0.29, 0.717) is 132 Å². The van der Waals surface area contributed by atoms with Gasteiger partial charge in [0.25, 0.3) is 0 Å². The van der Waals surface area contributed by atoms with Crippen LogP contribution in [0.2, 0.25) is 0 Å². The van der Waals surface area contributed by atoms with Crippen molar-refractivity contribution in [3.05, 3.63) is 160 Å². The molecule has 0 amide bonds. The number of nitrogens with zero attached hydrogens (tertiary/aromatic N) is 4. The van der Waals surface area contributed by atoms with E-state index < -0.39 is 0 Å².